The summed E-state index contributed by atoms with van der Waals surface area (Å²) in [6, 6.07) is 16.5. The Balaban J connectivity index is 1.74. The first kappa shape index (κ1) is 17.6. The first-order valence-corrected chi connectivity index (χ1v) is 7.72. The van der Waals surface area contributed by atoms with Crippen molar-refractivity contribution >= 4 is 6.09 Å². The molecular formula is C18H21NO5. The van der Waals surface area contributed by atoms with Crippen LogP contribution >= 0.6 is 0 Å². The molecule has 2 rings (SSSR count). The lowest BCUT2D eigenvalue weighted by atomic mass is 10.3. The van der Waals surface area contributed by atoms with Crippen LogP contribution in [-0.4, -0.2) is 37.1 Å². The number of rotatable bonds is 8. The normalized spacial score (nSPS) is 11.4. The minimum Gasteiger partial charge on any atom is -0.491 e. The number of alkyl carbamates (subject to hydrolysis) is 1. The summed E-state index contributed by atoms with van der Waals surface area (Å²) in [6.45, 7) is 2.16. The quantitative estimate of drug-likeness (QED) is 0.778. The molecule has 0 aliphatic rings. The summed E-state index contributed by atoms with van der Waals surface area (Å²) in [7, 11) is 0. The molecule has 24 heavy (non-hydrogen) atoms. The van der Waals surface area contributed by atoms with Crippen LogP contribution in [0, 0.1) is 0 Å². The Morgan fingerprint density at radius 1 is 1.00 bits per heavy atom. The number of aliphatic hydroxyl groups is 1. The van der Waals surface area contributed by atoms with Crippen molar-refractivity contribution in [3.8, 4) is 17.2 Å². The molecule has 0 heterocycles. The molecule has 0 fully saturated rings. The van der Waals surface area contributed by atoms with Gasteiger partial charge in [0.15, 0.2) is 0 Å². The molecule has 6 nitrogen and oxygen atoms in total. The maximum atomic E-state index is 11.1. The highest BCUT2D eigenvalue weighted by molar-refractivity contribution is 5.66. The van der Waals surface area contributed by atoms with Gasteiger partial charge in [0, 0.05) is 6.54 Å². The van der Waals surface area contributed by atoms with Gasteiger partial charge in [-0.3, -0.25) is 0 Å². The van der Waals surface area contributed by atoms with Crippen LogP contribution in [0.15, 0.2) is 54.6 Å². The Morgan fingerprint density at radius 3 is 2.29 bits per heavy atom. The predicted octanol–water partition coefficient (Wildman–Crippen LogP) is 2.96. The second-order valence-electron chi connectivity index (χ2n) is 4.98. The average molecular weight is 331 g/mol. The topological polar surface area (TPSA) is 77.0 Å². The standard InChI is InChI=1S/C18H21NO5/c1-2-19-18(21)23-13-14(20)12-22-15-8-10-17(11-9-15)24-16-6-4-3-5-7-16/h3-11,14,20H,2,12-13H2,1H3,(H,19,21). The summed E-state index contributed by atoms with van der Waals surface area (Å²) in [5.41, 5.74) is 0. The summed E-state index contributed by atoms with van der Waals surface area (Å²) >= 11 is 0. The number of para-hydroxylation sites is 1. The number of nitrogens with one attached hydrogen (secondary N) is 1. The summed E-state index contributed by atoms with van der Waals surface area (Å²) in [4.78, 5) is 11.1. The lowest BCUT2D eigenvalue weighted by molar-refractivity contribution is 0.0391. The Labute approximate surface area is 141 Å². The fourth-order valence-electron chi connectivity index (χ4n) is 1.84. The number of benzene rings is 2. The van der Waals surface area contributed by atoms with Crippen molar-refractivity contribution in [3.05, 3.63) is 54.6 Å². The largest absolute Gasteiger partial charge is 0.491 e. The predicted molar refractivity (Wildman–Crippen MR) is 89.5 cm³/mol. The molecule has 128 valence electrons. The Kier molecular flexibility index (Phi) is 6.91. The van der Waals surface area contributed by atoms with Crippen molar-refractivity contribution < 1.29 is 24.1 Å². The molecule has 0 spiro atoms. The van der Waals surface area contributed by atoms with Gasteiger partial charge in [0.25, 0.3) is 0 Å². The number of amides is 1. The fourth-order valence-corrected chi connectivity index (χ4v) is 1.84. The number of ether oxygens (including phenoxy) is 3. The first-order valence-electron chi connectivity index (χ1n) is 7.72. The second kappa shape index (κ2) is 9.42. The second-order valence-corrected chi connectivity index (χ2v) is 4.98. The molecule has 0 radical (unpaired) electrons. The molecule has 1 atom stereocenters. The molecule has 1 amide bonds. The molecule has 0 aromatic heterocycles. The average Bonchev–Trinajstić information content (AvgIpc) is 2.60. The van der Waals surface area contributed by atoms with Crippen molar-refractivity contribution in [2.24, 2.45) is 0 Å². The molecule has 0 bridgehead atoms. The number of aliphatic hydroxyl groups excluding tert-OH is 1. The molecule has 0 aliphatic carbocycles. The summed E-state index contributed by atoms with van der Waals surface area (Å²) in [6.07, 6.45) is -1.45. The number of hydrogen-bond acceptors (Lipinski definition) is 5. The van der Waals surface area contributed by atoms with Crippen molar-refractivity contribution in [2.45, 2.75) is 13.0 Å². The van der Waals surface area contributed by atoms with Gasteiger partial charge >= 0.3 is 6.09 Å². The van der Waals surface area contributed by atoms with E-state index in [2.05, 4.69) is 5.32 Å². The molecule has 6 heteroatoms. The van der Waals surface area contributed by atoms with E-state index in [1.54, 1.807) is 31.2 Å². The lowest BCUT2D eigenvalue weighted by Crippen LogP contribution is -2.30. The number of carbonyl (C=O) groups is 1. The van der Waals surface area contributed by atoms with Crippen molar-refractivity contribution in [3.63, 3.8) is 0 Å². The zero-order chi connectivity index (χ0) is 17.2. The Bertz CT molecular complexity index is 615. The molecule has 0 aliphatic heterocycles. The third kappa shape index (κ3) is 6.18. The summed E-state index contributed by atoms with van der Waals surface area (Å²) < 4.78 is 15.9. The third-order valence-corrected chi connectivity index (χ3v) is 2.97. The van der Waals surface area contributed by atoms with Crippen molar-refractivity contribution in [1.82, 2.24) is 5.32 Å². The van der Waals surface area contributed by atoms with Crippen molar-refractivity contribution in [1.29, 1.82) is 0 Å². The molecule has 1 unspecified atom stereocenters. The van der Waals surface area contributed by atoms with E-state index in [9.17, 15) is 9.90 Å². The molecule has 2 N–H and O–H groups in total. The van der Waals surface area contributed by atoms with Crippen LogP contribution in [0.25, 0.3) is 0 Å². The maximum Gasteiger partial charge on any atom is 0.407 e. The van der Waals surface area contributed by atoms with E-state index in [1.807, 2.05) is 30.3 Å². The Hall–Kier alpha value is -2.73. The highest BCUT2D eigenvalue weighted by Crippen LogP contribution is 2.23. The van der Waals surface area contributed by atoms with Crippen LogP contribution in [-0.2, 0) is 4.74 Å². The van der Waals surface area contributed by atoms with Crippen LogP contribution in [0.5, 0.6) is 17.2 Å². The molecule has 2 aromatic rings. The zero-order valence-corrected chi connectivity index (χ0v) is 13.5. The number of hydrogen-bond donors (Lipinski definition) is 2. The van der Waals surface area contributed by atoms with Crippen molar-refractivity contribution in [2.75, 3.05) is 19.8 Å². The van der Waals surface area contributed by atoms with Crippen LogP contribution in [0.3, 0.4) is 0 Å². The summed E-state index contributed by atoms with van der Waals surface area (Å²) in [5.74, 6) is 2.03. The highest BCUT2D eigenvalue weighted by Gasteiger charge is 2.09. The lowest BCUT2D eigenvalue weighted by Gasteiger charge is -2.13. The van der Waals surface area contributed by atoms with Gasteiger partial charge < -0.3 is 24.6 Å². The van der Waals surface area contributed by atoms with Gasteiger partial charge in [-0.1, -0.05) is 18.2 Å². The Morgan fingerprint density at radius 2 is 1.62 bits per heavy atom. The molecular weight excluding hydrogens is 310 g/mol. The van der Waals surface area contributed by atoms with Gasteiger partial charge in [0.1, 0.15) is 36.6 Å². The van der Waals surface area contributed by atoms with Gasteiger partial charge in [-0.15, -0.1) is 0 Å². The SMILES string of the molecule is CCNC(=O)OCC(O)COc1ccc(Oc2ccccc2)cc1. The van der Waals surface area contributed by atoms with Gasteiger partial charge in [0.2, 0.25) is 0 Å². The monoisotopic (exact) mass is 331 g/mol. The summed E-state index contributed by atoms with van der Waals surface area (Å²) in [5, 5.41) is 12.2. The van der Waals surface area contributed by atoms with E-state index in [0.29, 0.717) is 18.0 Å². The number of carbonyl (C=O) groups excluding carboxylic acids is 1. The van der Waals surface area contributed by atoms with E-state index >= 15 is 0 Å². The van der Waals surface area contributed by atoms with E-state index in [1.165, 1.54) is 0 Å². The fraction of sp³-hybridized carbons (Fsp3) is 0.278. The van der Waals surface area contributed by atoms with Crippen LogP contribution < -0.4 is 14.8 Å². The molecule has 0 saturated carbocycles. The van der Waals surface area contributed by atoms with E-state index in [0.717, 1.165) is 5.75 Å². The smallest absolute Gasteiger partial charge is 0.407 e. The minimum absolute atomic E-state index is 0.0261. The van der Waals surface area contributed by atoms with Gasteiger partial charge in [0.05, 0.1) is 0 Å². The van der Waals surface area contributed by atoms with Gasteiger partial charge in [-0.05, 0) is 43.3 Å². The van der Waals surface area contributed by atoms with E-state index in [4.69, 9.17) is 14.2 Å². The van der Waals surface area contributed by atoms with Crippen LogP contribution in [0.4, 0.5) is 4.79 Å². The zero-order valence-electron chi connectivity index (χ0n) is 13.5. The van der Waals surface area contributed by atoms with Gasteiger partial charge in [-0.25, -0.2) is 4.79 Å². The third-order valence-electron chi connectivity index (χ3n) is 2.97. The van der Waals surface area contributed by atoms with E-state index < -0.39 is 12.2 Å². The first-order chi connectivity index (χ1) is 11.7. The maximum absolute atomic E-state index is 11.1. The molecule has 2 aromatic carbocycles. The molecule has 0 saturated heterocycles. The highest BCUT2D eigenvalue weighted by atomic mass is 16.6. The minimum atomic E-state index is -0.896. The van der Waals surface area contributed by atoms with Crippen LogP contribution in [0.1, 0.15) is 6.92 Å². The van der Waals surface area contributed by atoms with Crippen LogP contribution in [0.2, 0.25) is 0 Å². The van der Waals surface area contributed by atoms with E-state index in [-0.39, 0.29) is 13.2 Å². The van der Waals surface area contributed by atoms with Gasteiger partial charge in [-0.2, -0.15) is 0 Å².